The van der Waals surface area contributed by atoms with Crippen LogP contribution in [0, 0.1) is 0 Å². The van der Waals surface area contributed by atoms with E-state index in [9.17, 15) is 9.59 Å². The Morgan fingerprint density at radius 2 is 2.12 bits per heavy atom. The molecule has 0 radical (unpaired) electrons. The third-order valence-corrected chi connectivity index (χ3v) is 6.30. The minimum atomic E-state index is -0.185. The predicted molar refractivity (Wildman–Crippen MR) is 122 cm³/mol. The third kappa shape index (κ3) is 4.00. The van der Waals surface area contributed by atoms with E-state index in [4.69, 9.17) is 4.42 Å². The lowest BCUT2D eigenvalue weighted by molar-refractivity contribution is -0.134. The molecule has 0 spiro atoms. The number of aromatic amines is 1. The van der Waals surface area contributed by atoms with E-state index < -0.39 is 0 Å². The van der Waals surface area contributed by atoms with Crippen molar-refractivity contribution in [3.8, 4) is 0 Å². The van der Waals surface area contributed by atoms with Gasteiger partial charge in [-0.3, -0.25) is 14.5 Å². The molecule has 1 atom stereocenters. The largest absolute Gasteiger partial charge is 0.463 e. The minimum Gasteiger partial charge on any atom is -0.463 e. The number of nitrogens with one attached hydrogen (secondary N) is 1. The first-order valence-corrected chi connectivity index (χ1v) is 11.1. The summed E-state index contributed by atoms with van der Waals surface area (Å²) < 4.78 is 5.50. The molecule has 32 heavy (non-hydrogen) atoms. The van der Waals surface area contributed by atoms with Gasteiger partial charge in [0.25, 0.3) is 11.5 Å². The number of thiophene rings is 1. The van der Waals surface area contributed by atoms with E-state index in [1.165, 1.54) is 0 Å². The Bertz CT molecular complexity index is 1330. The van der Waals surface area contributed by atoms with Crippen molar-refractivity contribution in [2.45, 2.75) is 19.0 Å². The normalized spacial score (nSPS) is 16.1. The number of rotatable bonds is 6. The van der Waals surface area contributed by atoms with Crippen LogP contribution in [0.2, 0.25) is 0 Å². The standard InChI is InChI=1S/C23H21N5O3S/c1-27(13-21-24-16-7-3-2-6-15(16)23(30)25-21)14-22(29)28-18(20-9-5-11-32-20)12-17(26-28)19-8-4-10-31-19/h2-11,18H,12-14H2,1H3,(H,24,25,30). The van der Waals surface area contributed by atoms with Crippen molar-refractivity contribution in [1.82, 2.24) is 19.9 Å². The zero-order valence-corrected chi connectivity index (χ0v) is 18.2. The summed E-state index contributed by atoms with van der Waals surface area (Å²) in [6.07, 6.45) is 2.20. The minimum absolute atomic E-state index is 0.129. The van der Waals surface area contributed by atoms with Crippen molar-refractivity contribution in [3.63, 3.8) is 0 Å². The highest BCUT2D eigenvalue weighted by molar-refractivity contribution is 7.10. The molecular formula is C23H21N5O3S. The number of carbonyl (C=O) groups is 1. The van der Waals surface area contributed by atoms with Crippen LogP contribution in [-0.4, -0.2) is 45.1 Å². The number of likely N-dealkylation sites (N-methyl/N-ethyl adjacent to an activating group) is 1. The number of carbonyl (C=O) groups excluding carboxylic acids is 1. The number of hydrogen-bond acceptors (Lipinski definition) is 7. The van der Waals surface area contributed by atoms with Crippen LogP contribution in [0.1, 0.15) is 28.9 Å². The Morgan fingerprint density at radius 3 is 2.91 bits per heavy atom. The van der Waals surface area contributed by atoms with Crippen LogP contribution in [0.15, 0.2) is 74.5 Å². The van der Waals surface area contributed by atoms with Crippen LogP contribution in [0.5, 0.6) is 0 Å². The van der Waals surface area contributed by atoms with Gasteiger partial charge in [0.1, 0.15) is 17.3 Å². The van der Waals surface area contributed by atoms with Gasteiger partial charge in [-0.25, -0.2) is 9.99 Å². The molecular weight excluding hydrogens is 426 g/mol. The molecule has 0 saturated heterocycles. The monoisotopic (exact) mass is 447 g/mol. The van der Waals surface area contributed by atoms with Crippen molar-refractivity contribution >= 4 is 33.9 Å². The van der Waals surface area contributed by atoms with Gasteiger partial charge >= 0.3 is 0 Å². The summed E-state index contributed by atoms with van der Waals surface area (Å²) in [5, 5.41) is 8.69. The Hall–Kier alpha value is -3.56. The number of furan rings is 1. The molecule has 162 valence electrons. The van der Waals surface area contributed by atoms with Gasteiger partial charge in [0, 0.05) is 11.3 Å². The van der Waals surface area contributed by atoms with Gasteiger partial charge in [0.15, 0.2) is 0 Å². The van der Waals surface area contributed by atoms with Gasteiger partial charge in [-0.15, -0.1) is 11.3 Å². The first kappa shape index (κ1) is 20.3. The summed E-state index contributed by atoms with van der Waals surface area (Å²) in [6, 6.07) is 14.7. The van der Waals surface area contributed by atoms with Crippen LogP contribution in [0.3, 0.4) is 0 Å². The summed E-state index contributed by atoms with van der Waals surface area (Å²) >= 11 is 1.60. The van der Waals surface area contributed by atoms with E-state index in [0.717, 1.165) is 10.6 Å². The van der Waals surface area contributed by atoms with Crippen molar-refractivity contribution in [1.29, 1.82) is 0 Å². The number of nitrogens with zero attached hydrogens (tertiary/aromatic N) is 4. The molecule has 4 aromatic rings. The lowest BCUT2D eigenvalue weighted by Gasteiger charge is -2.23. The first-order valence-electron chi connectivity index (χ1n) is 10.2. The summed E-state index contributed by atoms with van der Waals surface area (Å²) in [5.41, 5.74) is 1.20. The van der Waals surface area contributed by atoms with E-state index in [0.29, 0.717) is 35.5 Å². The average molecular weight is 448 g/mol. The second-order valence-corrected chi connectivity index (χ2v) is 8.68. The zero-order valence-electron chi connectivity index (χ0n) is 17.4. The number of benzene rings is 1. The van der Waals surface area contributed by atoms with Gasteiger partial charge < -0.3 is 9.40 Å². The number of hydrogen-bond donors (Lipinski definition) is 1. The van der Waals surface area contributed by atoms with E-state index in [-0.39, 0.29) is 24.1 Å². The van der Waals surface area contributed by atoms with Crippen LogP contribution in [0.25, 0.3) is 10.9 Å². The van der Waals surface area contributed by atoms with Gasteiger partial charge in [0.05, 0.1) is 36.3 Å². The molecule has 5 rings (SSSR count). The highest BCUT2D eigenvalue weighted by Gasteiger charge is 2.34. The Morgan fingerprint density at radius 1 is 1.25 bits per heavy atom. The lowest BCUT2D eigenvalue weighted by atomic mass is 10.1. The number of H-pyrrole nitrogens is 1. The van der Waals surface area contributed by atoms with Gasteiger partial charge in [-0.1, -0.05) is 18.2 Å². The summed E-state index contributed by atoms with van der Waals surface area (Å²) in [7, 11) is 1.82. The molecule has 0 bridgehead atoms. The molecule has 1 unspecified atom stereocenters. The highest BCUT2D eigenvalue weighted by atomic mass is 32.1. The van der Waals surface area contributed by atoms with Crippen LogP contribution in [-0.2, 0) is 11.3 Å². The molecule has 9 heteroatoms. The fourth-order valence-electron chi connectivity index (χ4n) is 3.86. The van der Waals surface area contributed by atoms with E-state index >= 15 is 0 Å². The van der Waals surface area contributed by atoms with Crippen LogP contribution >= 0.6 is 11.3 Å². The molecule has 1 aliphatic heterocycles. The fourth-order valence-corrected chi connectivity index (χ4v) is 4.67. The fraction of sp³-hybridized carbons (Fsp3) is 0.217. The van der Waals surface area contributed by atoms with Crippen LogP contribution in [0.4, 0.5) is 0 Å². The maximum atomic E-state index is 13.2. The SMILES string of the molecule is CN(CC(=O)N1N=C(c2ccco2)CC1c1cccs1)Cc1nc2ccccc2c(=O)[nH]1. The summed E-state index contributed by atoms with van der Waals surface area (Å²) in [6.45, 7) is 0.464. The zero-order chi connectivity index (χ0) is 22.1. The summed E-state index contributed by atoms with van der Waals surface area (Å²) in [5.74, 6) is 1.06. The Labute approximate surface area is 187 Å². The molecule has 0 fully saturated rings. The van der Waals surface area contributed by atoms with Gasteiger partial charge in [-0.05, 0) is 42.8 Å². The first-order chi connectivity index (χ1) is 15.6. The Balaban J connectivity index is 1.34. The maximum Gasteiger partial charge on any atom is 0.258 e. The van der Waals surface area contributed by atoms with E-state index in [1.807, 2.05) is 47.7 Å². The number of amides is 1. The van der Waals surface area contributed by atoms with Crippen molar-refractivity contribution in [3.05, 3.63) is 87.0 Å². The average Bonchev–Trinajstić information content (AvgIpc) is 3.54. The molecule has 0 aliphatic carbocycles. The highest BCUT2D eigenvalue weighted by Crippen LogP contribution is 2.35. The van der Waals surface area contributed by atoms with Gasteiger partial charge in [-0.2, -0.15) is 5.10 Å². The second kappa shape index (κ2) is 8.52. The van der Waals surface area contributed by atoms with Crippen molar-refractivity contribution in [2.24, 2.45) is 5.10 Å². The molecule has 3 aromatic heterocycles. The molecule has 1 aromatic carbocycles. The van der Waals surface area contributed by atoms with Crippen molar-refractivity contribution < 1.29 is 9.21 Å². The second-order valence-electron chi connectivity index (χ2n) is 7.70. The number of fused-ring (bicyclic) bond motifs is 1. The number of aromatic nitrogens is 2. The lowest BCUT2D eigenvalue weighted by Crippen LogP contribution is -2.36. The molecule has 1 aliphatic rings. The van der Waals surface area contributed by atoms with E-state index in [1.54, 1.807) is 40.8 Å². The molecule has 0 saturated carbocycles. The number of para-hydroxylation sites is 1. The van der Waals surface area contributed by atoms with Crippen molar-refractivity contribution in [2.75, 3.05) is 13.6 Å². The molecule has 8 nitrogen and oxygen atoms in total. The Kier molecular flexibility index (Phi) is 5.42. The number of hydrazone groups is 1. The quantitative estimate of drug-likeness (QED) is 0.489. The predicted octanol–water partition coefficient (Wildman–Crippen LogP) is 3.39. The maximum absolute atomic E-state index is 13.2. The molecule has 4 heterocycles. The van der Waals surface area contributed by atoms with E-state index in [2.05, 4.69) is 15.1 Å². The third-order valence-electron chi connectivity index (χ3n) is 5.33. The topological polar surface area (TPSA) is 94.8 Å². The smallest absolute Gasteiger partial charge is 0.258 e. The molecule has 1 amide bonds. The van der Waals surface area contributed by atoms with Crippen LogP contribution < -0.4 is 5.56 Å². The van der Waals surface area contributed by atoms with Gasteiger partial charge in [0.2, 0.25) is 0 Å². The summed E-state index contributed by atoms with van der Waals surface area (Å²) in [4.78, 5) is 35.8. The molecule has 1 N–H and O–H groups in total.